The number of hydrogen-bond donors (Lipinski definition) is 2. The van der Waals surface area contributed by atoms with E-state index < -0.39 is 17.8 Å². The molecule has 0 bridgehead atoms. The summed E-state index contributed by atoms with van der Waals surface area (Å²) < 4.78 is 12.9. The first-order chi connectivity index (χ1) is 9.97. The molecule has 114 valence electrons. The number of halogens is 1. The third-order valence-electron chi connectivity index (χ3n) is 3.83. The lowest BCUT2D eigenvalue weighted by Crippen LogP contribution is -2.42. The summed E-state index contributed by atoms with van der Waals surface area (Å²) in [5, 5.41) is 11.8. The van der Waals surface area contributed by atoms with Gasteiger partial charge in [-0.05, 0) is 50.7 Å². The van der Waals surface area contributed by atoms with Crippen LogP contribution in [0.2, 0.25) is 0 Å². The van der Waals surface area contributed by atoms with E-state index in [1.165, 1.54) is 24.3 Å². The first-order valence-corrected chi connectivity index (χ1v) is 6.94. The molecular formula is C15H19FN2O3. The number of aliphatic carboxylic acids is 1. The zero-order valence-corrected chi connectivity index (χ0v) is 11.9. The maximum Gasteiger partial charge on any atom is 0.330 e. The standard InChI is InChI=1S/C15H19FN2O3/c1-18-8-6-11(7-9-18)14(19)17-13(15(20)21)10-2-4-12(16)5-3-10/h2-5,11,13H,6-9H2,1H3,(H,17,19)(H,20,21). The number of hydrogen-bond acceptors (Lipinski definition) is 3. The van der Waals surface area contributed by atoms with Crippen molar-refractivity contribution in [3.05, 3.63) is 35.6 Å². The molecule has 21 heavy (non-hydrogen) atoms. The highest BCUT2D eigenvalue weighted by molar-refractivity contribution is 5.85. The fraction of sp³-hybridized carbons (Fsp3) is 0.467. The predicted octanol–water partition coefficient (Wildman–Crippen LogP) is 1.41. The lowest BCUT2D eigenvalue weighted by molar-refractivity contribution is -0.143. The van der Waals surface area contributed by atoms with E-state index in [1.807, 2.05) is 7.05 Å². The van der Waals surface area contributed by atoms with E-state index in [2.05, 4.69) is 10.2 Å². The van der Waals surface area contributed by atoms with E-state index in [0.717, 1.165) is 25.9 Å². The molecule has 1 fully saturated rings. The first-order valence-electron chi connectivity index (χ1n) is 6.94. The molecule has 1 amide bonds. The number of benzene rings is 1. The van der Waals surface area contributed by atoms with E-state index >= 15 is 0 Å². The Kier molecular flexibility index (Phi) is 4.90. The minimum Gasteiger partial charge on any atom is -0.479 e. The quantitative estimate of drug-likeness (QED) is 0.881. The summed E-state index contributed by atoms with van der Waals surface area (Å²) in [5.41, 5.74) is 0.366. The fourth-order valence-corrected chi connectivity index (χ4v) is 2.47. The van der Waals surface area contributed by atoms with E-state index in [9.17, 15) is 19.1 Å². The van der Waals surface area contributed by atoms with Crippen molar-refractivity contribution in [1.82, 2.24) is 10.2 Å². The van der Waals surface area contributed by atoms with Crippen LogP contribution in [0.3, 0.4) is 0 Å². The molecule has 2 N–H and O–H groups in total. The van der Waals surface area contributed by atoms with Gasteiger partial charge in [0.2, 0.25) is 5.91 Å². The highest BCUT2D eigenvalue weighted by atomic mass is 19.1. The molecule has 1 saturated heterocycles. The molecule has 0 radical (unpaired) electrons. The van der Waals surface area contributed by atoms with Crippen molar-refractivity contribution in [1.29, 1.82) is 0 Å². The number of piperidine rings is 1. The molecule has 0 aromatic heterocycles. The van der Waals surface area contributed by atoms with Crippen LogP contribution in [0.4, 0.5) is 4.39 Å². The Morgan fingerprint density at radius 1 is 1.29 bits per heavy atom. The van der Waals surface area contributed by atoms with Crippen molar-refractivity contribution < 1.29 is 19.1 Å². The molecule has 1 aliphatic heterocycles. The monoisotopic (exact) mass is 294 g/mol. The molecule has 0 spiro atoms. The minimum atomic E-state index is -1.15. The summed E-state index contributed by atoms with van der Waals surface area (Å²) in [7, 11) is 1.99. The van der Waals surface area contributed by atoms with Crippen LogP contribution in [0.1, 0.15) is 24.4 Å². The second kappa shape index (κ2) is 6.67. The predicted molar refractivity (Wildman–Crippen MR) is 75.1 cm³/mol. The van der Waals surface area contributed by atoms with Crippen LogP contribution in [0, 0.1) is 11.7 Å². The molecule has 1 aliphatic rings. The Bertz CT molecular complexity index is 510. The maximum atomic E-state index is 12.9. The number of carbonyl (C=O) groups is 2. The molecule has 0 saturated carbocycles. The normalized spacial score (nSPS) is 18.2. The van der Waals surface area contributed by atoms with Crippen molar-refractivity contribution in [3.63, 3.8) is 0 Å². The van der Waals surface area contributed by atoms with Crippen LogP contribution in [0.25, 0.3) is 0 Å². The van der Waals surface area contributed by atoms with Crippen LogP contribution < -0.4 is 5.32 Å². The molecule has 1 heterocycles. The van der Waals surface area contributed by atoms with Gasteiger partial charge in [-0.1, -0.05) is 12.1 Å². The second-order valence-corrected chi connectivity index (χ2v) is 5.41. The number of rotatable bonds is 4. The SMILES string of the molecule is CN1CCC(C(=O)NC(C(=O)O)c2ccc(F)cc2)CC1. The highest BCUT2D eigenvalue weighted by Crippen LogP contribution is 2.19. The van der Waals surface area contributed by atoms with Gasteiger partial charge >= 0.3 is 5.97 Å². The Balaban J connectivity index is 2.04. The lowest BCUT2D eigenvalue weighted by atomic mass is 9.95. The van der Waals surface area contributed by atoms with Gasteiger partial charge in [0, 0.05) is 5.92 Å². The Hall–Kier alpha value is -1.95. The largest absolute Gasteiger partial charge is 0.479 e. The van der Waals surface area contributed by atoms with Crippen molar-refractivity contribution in [2.24, 2.45) is 5.92 Å². The zero-order valence-electron chi connectivity index (χ0n) is 11.9. The Morgan fingerprint density at radius 2 is 1.86 bits per heavy atom. The number of carboxylic acid groups (broad SMARTS) is 1. The van der Waals surface area contributed by atoms with Crippen molar-refractivity contribution >= 4 is 11.9 Å². The van der Waals surface area contributed by atoms with Gasteiger partial charge in [0.05, 0.1) is 0 Å². The topological polar surface area (TPSA) is 69.6 Å². The van der Waals surface area contributed by atoms with E-state index in [0.29, 0.717) is 5.56 Å². The third kappa shape index (κ3) is 4.01. The van der Waals surface area contributed by atoms with Gasteiger partial charge in [-0.25, -0.2) is 9.18 Å². The smallest absolute Gasteiger partial charge is 0.330 e. The summed E-state index contributed by atoms with van der Waals surface area (Å²) in [6.45, 7) is 1.65. The molecule has 1 atom stereocenters. The average molecular weight is 294 g/mol. The lowest BCUT2D eigenvalue weighted by Gasteiger charge is -2.29. The highest BCUT2D eigenvalue weighted by Gasteiger charge is 2.28. The van der Waals surface area contributed by atoms with Crippen LogP contribution in [-0.2, 0) is 9.59 Å². The van der Waals surface area contributed by atoms with Gasteiger partial charge in [-0.15, -0.1) is 0 Å². The molecular weight excluding hydrogens is 275 g/mol. The fourth-order valence-electron chi connectivity index (χ4n) is 2.47. The average Bonchev–Trinajstić information content (AvgIpc) is 2.46. The molecule has 1 aromatic carbocycles. The van der Waals surface area contributed by atoms with E-state index in [4.69, 9.17) is 0 Å². The van der Waals surface area contributed by atoms with Crippen molar-refractivity contribution in [3.8, 4) is 0 Å². The number of nitrogens with one attached hydrogen (secondary N) is 1. The Morgan fingerprint density at radius 3 is 2.38 bits per heavy atom. The number of amides is 1. The maximum absolute atomic E-state index is 12.9. The first kappa shape index (κ1) is 15.4. The van der Waals surface area contributed by atoms with Crippen molar-refractivity contribution in [2.75, 3.05) is 20.1 Å². The third-order valence-corrected chi connectivity index (χ3v) is 3.83. The summed E-state index contributed by atoms with van der Waals surface area (Å²) >= 11 is 0. The molecule has 2 rings (SSSR count). The van der Waals surface area contributed by atoms with Gasteiger partial charge in [0.1, 0.15) is 5.82 Å². The summed E-state index contributed by atoms with van der Waals surface area (Å²) in [6, 6.07) is 3.99. The van der Waals surface area contributed by atoms with Crippen LogP contribution in [0.5, 0.6) is 0 Å². The Labute approximate surface area is 122 Å². The van der Waals surface area contributed by atoms with Gasteiger partial charge in [0.25, 0.3) is 0 Å². The van der Waals surface area contributed by atoms with Crippen LogP contribution in [-0.4, -0.2) is 42.0 Å². The van der Waals surface area contributed by atoms with Gasteiger partial charge in [-0.2, -0.15) is 0 Å². The molecule has 1 aromatic rings. The molecule has 6 heteroatoms. The van der Waals surface area contributed by atoms with Gasteiger partial charge in [0.15, 0.2) is 6.04 Å². The number of carboxylic acids is 1. The number of carbonyl (C=O) groups excluding carboxylic acids is 1. The molecule has 5 nitrogen and oxygen atoms in total. The summed E-state index contributed by atoms with van der Waals surface area (Å²) in [5.74, 6) is -2.00. The zero-order chi connectivity index (χ0) is 15.4. The van der Waals surface area contributed by atoms with Gasteiger partial charge in [-0.3, -0.25) is 4.79 Å². The molecule has 1 unspecified atom stereocenters. The van der Waals surface area contributed by atoms with E-state index in [-0.39, 0.29) is 11.8 Å². The molecule has 0 aliphatic carbocycles. The number of likely N-dealkylation sites (tertiary alicyclic amines) is 1. The number of nitrogens with zero attached hydrogens (tertiary/aromatic N) is 1. The second-order valence-electron chi connectivity index (χ2n) is 5.41. The van der Waals surface area contributed by atoms with Crippen molar-refractivity contribution in [2.45, 2.75) is 18.9 Å². The summed E-state index contributed by atoms with van der Waals surface area (Å²) in [4.78, 5) is 25.7. The summed E-state index contributed by atoms with van der Waals surface area (Å²) in [6.07, 6.45) is 1.44. The van der Waals surface area contributed by atoms with Gasteiger partial charge < -0.3 is 15.3 Å². The van der Waals surface area contributed by atoms with Crippen LogP contribution in [0.15, 0.2) is 24.3 Å². The van der Waals surface area contributed by atoms with E-state index in [1.54, 1.807) is 0 Å². The van der Waals surface area contributed by atoms with Crippen LogP contribution >= 0.6 is 0 Å². The minimum absolute atomic E-state index is 0.163.